The van der Waals surface area contributed by atoms with E-state index < -0.39 is 0 Å². The van der Waals surface area contributed by atoms with Gasteiger partial charge in [0.2, 0.25) is 0 Å². The number of allylic oxidation sites excluding steroid dienone is 2. The molecule has 0 aromatic heterocycles. The van der Waals surface area contributed by atoms with Gasteiger partial charge in [0.25, 0.3) is 0 Å². The SMILES string of the molecule is CCSC#CC1=CCCCC1. The van der Waals surface area contributed by atoms with Crippen LogP contribution in [-0.2, 0) is 0 Å². The maximum absolute atomic E-state index is 3.20. The van der Waals surface area contributed by atoms with Crippen molar-refractivity contribution >= 4 is 11.8 Å². The third-order valence-corrected chi connectivity index (χ3v) is 2.25. The van der Waals surface area contributed by atoms with Crippen LogP contribution in [-0.4, -0.2) is 5.75 Å². The summed E-state index contributed by atoms with van der Waals surface area (Å²) in [6.07, 6.45) is 7.41. The van der Waals surface area contributed by atoms with Gasteiger partial charge >= 0.3 is 0 Å². The van der Waals surface area contributed by atoms with Gasteiger partial charge in [-0.05, 0) is 36.5 Å². The molecule has 1 rings (SSSR count). The van der Waals surface area contributed by atoms with Crippen LogP contribution < -0.4 is 0 Å². The van der Waals surface area contributed by atoms with Crippen LogP contribution in [0, 0.1) is 11.2 Å². The highest BCUT2D eigenvalue weighted by Gasteiger charge is 1.98. The topological polar surface area (TPSA) is 0 Å². The largest absolute Gasteiger partial charge is 0.0750 e. The lowest BCUT2D eigenvalue weighted by Crippen LogP contribution is -1.87. The van der Waals surface area contributed by atoms with Gasteiger partial charge in [-0.15, -0.1) is 0 Å². The van der Waals surface area contributed by atoms with Gasteiger partial charge in [0.15, 0.2) is 0 Å². The van der Waals surface area contributed by atoms with Crippen molar-refractivity contribution in [3.8, 4) is 11.2 Å². The average Bonchev–Trinajstić information content (AvgIpc) is 2.07. The Morgan fingerprint density at radius 2 is 2.45 bits per heavy atom. The fourth-order valence-electron chi connectivity index (χ4n) is 1.13. The van der Waals surface area contributed by atoms with Gasteiger partial charge in [-0.2, -0.15) is 0 Å². The summed E-state index contributed by atoms with van der Waals surface area (Å²) in [5, 5.41) is 3.10. The molecule has 0 radical (unpaired) electrons. The molecule has 0 saturated heterocycles. The summed E-state index contributed by atoms with van der Waals surface area (Å²) in [5.41, 5.74) is 1.36. The van der Waals surface area contributed by atoms with E-state index in [2.05, 4.69) is 24.2 Å². The van der Waals surface area contributed by atoms with Crippen molar-refractivity contribution in [1.29, 1.82) is 0 Å². The molecule has 11 heavy (non-hydrogen) atoms. The van der Waals surface area contributed by atoms with Crippen LogP contribution in [0.1, 0.15) is 32.6 Å². The molecule has 0 N–H and O–H groups in total. The van der Waals surface area contributed by atoms with Gasteiger partial charge in [-0.25, -0.2) is 0 Å². The molecule has 0 amide bonds. The van der Waals surface area contributed by atoms with Gasteiger partial charge in [0.05, 0.1) is 0 Å². The zero-order chi connectivity index (χ0) is 7.94. The third kappa shape index (κ3) is 3.53. The van der Waals surface area contributed by atoms with E-state index in [9.17, 15) is 0 Å². The van der Waals surface area contributed by atoms with Gasteiger partial charge < -0.3 is 0 Å². The Bertz CT molecular complexity index is 193. The van der Waals surface area contributed by atoms with E-state index in [1.165, 1.54) is 31.3 Å². The van der Waals surface area contributed by atoms with Crippen molar-refractivity contribution in [2.24, 2.45) is 0 Å². The van der Waals surface area contributed by atoms with Gasteiger partial charge in [0.1, 0.15) is 0 Å². The maximum Gasteiger partial charge on any atom is 0.00283 e. The Morgan fingerprint density at radius 1 is 1.55 bits per heavy atom. The van der Waals surface area contributed by atoms with Crippen molar-refractivity contribution in [1.82, 2.24) is 0 Å². The van der Waals surface area contributed by atoms with Crippen LogP contribution >= 0.6 is 11.8 Å². The predicted octanol–water partition coefficient (Wildman–Crippen LogP) is 3.20. The molecule has 0 fully saturated rings. The first-order chi connectivity index (χ1) is 5.43. The molecule has 60 valence electrons. The Kier molecular flexibility index (Phi) is 4.23. The molecule has 1 aliphatic rings. The number of thioether (sulfide) groups is 1. The standard InChI is InChI=1S/C10H14S/c1-2-11-9-8-10-6-4-3-5-7-10/h6H,2-5,7H2,1H3. The Hall–Kier alpha value is -0.350. The van der Waals surface area contributed by atoms with E-state index in [-0.39, 0.29) is 0 Å². The molecule has 0 aromatic carbocycles. The summed E-state index contributed by atoms with van der Waals surface area (Å²) >= 11 is 1.70. The second-order valence-corrected chi connectivity index (χ2v) is 3.71. The maximum atomic E-state index is 3.20. The van der Waals surface area contributed by atoms with Crippen molar-refractivity contribution < 1.29 is 0 Å². The lowest BCUT2D eigenvalue weighted by molar-refractivity contribution is 0.715. The zero-order valence-corrected chi connectivity index (χ0v) is 7.84. The second-order valence-electron chi connectivity index (χ2n) is 2.64. The van der Waals surface area contributed by atoms with Crippen LogP contribution in [0.25, 0.3) is 0 Å². The number of hydrogen-bond donors (Lipinski definition) is 0. The minimum absolute atomic E-state index is 1.10. The first-order valence-corrected chi connectivity index (χ1v) is 5.24. The highest BCUT2D eigenvalue weighted by Crippen LogP contribution is 2.16. The monoisotopic (exact) mass is 166 g/mol. The molecule has 0 aromatic rings. The third-order valence-electron chi connectivity index (χ3n) is 1.72. The van der Waals surface area contributed by atoms with E-state index in [0.717, 1.165) is 5.75 Å². The fraction of sp³-hybridized carbons (Fsp3) is 0.600. The van der Waals surface area contributed by atoms with E-state index >= 15 is 0 Å². The van der Waals surface area contributed by atoms with Crippen LogP contribution in [0.4, 0.5) is 0 Å². The molecule has 0 aliphatic heterocycles. The van der Waals surface area contributed by atoms with E-state index in [0.29, 0.717) is 0 Å². The van der Waals surface area contributed by atoms with E-state index in [1.54, 1.807) is 11.8 Å². The summed E-state index contributed by atoms with van der Waals surface area (Å²) in [6, 6.07) is 0. The van der Waals surface area contributed by atoms with Gasteiger partial charge in [-0.3, -0.25) is 0 Å². The quantitative estimate of drug-likeness (QED) is 0.539. The molecule has 0 spiro atoms. The van der Waals surface area contributed by atoms with Crippen LogP contribution in [0.15, 0.2) is 11.6 Å². The van der Waals surface area contributed by atoms with Crippen molar-refractivity contribution in [2.45, 2.75) is 32.6 Å². The van der Waals surface area contributed by atoms with Crippen LogP contribution in [0.2, 0.25) is 0 Å². The normalized spacial score (nSPS) is 16.6. The average molecular weight is 166 g/mol. The Morgan fingerprint density at radius 3 is 3.09 bits per heavy atom. The molecule has 0 heterocycles. The number of rotatable bonds is 1. The molecular formula is C10H14S. The lowest BCUT2D eigenvalue weighted by Gasteiger charge is -2.05. The van der Waals surface area contributed by atoms with Crippen molar-refractivity contribution in [3.05, 3.63) is 11.6 Å². The van der Waals surface area contributed by atoms with Crippen LogP contribution in [0.5, 0.6) is 0 Å². The zero-order valence-electron chi connectivity index (χ0n) is 7.02. The van der Waals surface area contributed by atoms with Crippen LogP contribution in [0.3, 0.4) is 0 Å². The minimum Gasteiger partial charge on any atom is -0.0750 e. The highest BCUT2D eigenvalue weighted by molar-refractivity contribution is 8.03. The minimum atomic E-state index is 1.10. The Labute approximate surface area is 73.5 Å². The first-order valence-electron chi connectivity index (χ1n) is 4.25. The number of hydrogen-bond acceptors (Lipinski definition) is 1. The van der Waals surface area contributed by atoms with Gasteiger partial charge in [-0.1, -0.05) is 30.7 Å². The summed E-state index contributed by atoms with van der Waals surface area (Å²) in [4.78, 5) is 0. The van der Waals surface area contributed by atoms with Crippen molar-refractivity contribution in [2.75, 3.05) is 5.75 Å². The Balaban J connectivity index is 2.36. The first kappa shape index (κ1) is 8.74. The van der Waals surface area contributed by atoms with Gasteiger partial charge in [0, 0.05) is 5.75 Å². The smallest absolute Gasteiger partial charge is 0.00283 e. The summed E-state index contributed by atoms with van der Waals surface area (Å²) < 4.78 is 0. The van der Waals surface area contributed by atoms with Crippen molar-refractivity contribution in [3.63, 3.8) is 0 Å². The highest BCUT2D eigenvalue weighted by atomic mass is 32.2. The summed E-state index contributed by atoms with van der Waals surface area (Å²) in [7, 11) is 0. The molecule has 0 bridgehead atoms. The molecule has 0 atom stereocenters. The predicted molar refractivity (Wildman–Crippen MR) is 52.5 cm³/mol. The van der Waals surface area contributed by atoms with E-state index in [4.69, 9.17) is 0 Å². The summed E-state index contributed by atoms with van der Waals surface area (Å²) in [6.45, 7) is 2.13. The molecule has 0 saturated carbocycles. The fourth-order valence-corrected chi connectivity index (χ4v) is 1.47. The molecular weight excluding hydrogens is 152 g/mol. The molecule has 1 heteroatoms. The molecule has 0 nitrogen and oxygen atoms in total. The van der Waals surface area contributed by atoms with E-state index in [1.807, 2.05) is 0 Å². The molecule has 1 aliphatic carbocycles. The second kappa shape index (κ2) is 5.32. The summed E-state index contributed by atoms with van der Waals surface area (Å²) in [5.74, 6) is 4.29. The lowest BCUT2D eigenvalue weighted by atomic mass is 10.0. The molecule has 0 unspecified atom stereocenters.